The summed E-state index contributed by atoms with van der Waals surface area (Å²) in [6.45, 7) is 7.19. The SMILES string of the molecule is CCCCCOc1ccc(C(=O)[C@H](CCCC[C@@H](CN(C)C)C(=O)c2ccc(OCCCCC)cc2)CN(C)C)cc1. The van der Waals surface area contributed by atoms with Crippen molar-refractivity contribution in [2.45, 2.75) is 78.1 Å². The number of unbranched alkanes of at least 4 members (excludes halogenated alkanes) is 5. The maximum Gasteiger partial charge on any atom is 0.167 e. The number of hydrogen-bond donors (Lipinski definition) is 0. The summed E-state index contributed by atoms with van der Waals surface area (Å²) >= 11 is 0. The van der Waals surface area contributed by atoms with Gasteiger partial charge in [-0.1, -0.05) is 52.4 Å². The molecule has 0 aliphatic heterocycles. The molecule has 2 aromatic carbocycles. The van der Waals surface area contributed by atoms with Gasteiger partial charge >= 0.3 is 0 Å². The Balaban J connectivity index is 1.93. The van der Waals surface area contributed by atoms with Crippen molar-refractivity contribution in [3.05, 3.63) is 59.7 Å². The van der Waals surface area contributed by atoms with Gasteiger partial charge in [0.2, 0.25) is 0 Å². The van der Waals surface area contributed by atoms with Crippen LogP contribution in [0.4, 0.5) is 0 Å². The van der Waals surface area contributed by atoms with Crippen LogP contribution in [0, 0.1) is 11.8 Å². The lowest BCUT2D eigenvalue weighted by molar-refractivity contribution is 0.0867. The second-order valence-electron chi connectivity index (χ2n) is 12.1. The molecule has 0 N–H and O–H groups in total. The van der Waals surface area contributed by atoms with Gasteiger partial charge in [-0.25, -0.2) is 0 Å². The summed E-state index contributed by atoms with van der Waals surface area (Å²) in [7, 11) is 8.06. The van der Waals surface area contributed by atoms with Crippen LogP contribution in [0.5, 0.6) is 11.5 Å². The molecule has 0 radical (unpaired) electrons. The Morgan fingerprint density at radius 2 is 0.929 bits per heavy atom. The van der Waals surface area contributed by atoms with E-state index in [0.29, 0.717) is 26.3 Å². The topological polar surface area (TPSA) is 59.1 Å². The van der Waals surface area contributed by atoms with Gasteiger partial charge in [0.05, 0.1) is 13.2 Å². The standard InChI is InChI=1S/C36H56N2O4/c1-7-9-13-25-41-33-21-17-29(18-22-33)35(39)31(27-37(3)4)15-11-12-16-32(28-38(5)6)36(40)30-19-23-34(24-20-30)42-26-14-10-8-2/h17-24,31-32H,7-16,25-28H2,1-6H3/t31-,32+. The van der Waals surface area contributed by atoms with Gasteiger partial charge in [-0.2, -0.15) is 0 Å². The van der Waals surface area contributed by atoms with Crippen LogP contribution < -0.4 is 9.47 Å². The average Bonchev–Trinajstić information content (AvgIpc) is 2.98. The number of carbonyl (C=O) groups excluding carboxylic acids is 2. The van der Waals surface area contributed by atoms with E-state index < -0.39 is 0 Å². The lowest BCUT2D eigenvalue weighted by Gasteiger charge is -2.22. The van der Waals surface area contributed by atoms with E-state index in [9.17, 15) is 9.59 Å². The van der Waals surface area contributed by atoms with Crippen LogP contribution in [0.3, 0.4) is 0 Å². The number of ether oxygens (including phenoxy) is 2. The minimum absolute atomic E-state index is 0.0795. The van der Waals surface area contributed by atoms with Crippen molar-refractivity contribution in [1.82, 2.24) is 9.80 Å². The highest BCUT2D eigenvalue weighted by Crippen LogP contribution is 2.23. The summed E-state index contributed by atoms with van der Waals surface area (Å²) in [6, 6.07) is 15.2. The molecule has 0 aromatic heterocycles. The first-order valence-electron chi connectivity index (χ1n) is 16.1. The van der Waals surface area contributed by atoms with Crippen LogP contribution in [0.25, 0.3) is 0 Å². The lowest BCUT2D eigenvalue weighted by Crippen LogP contribution is -2.29. The maximum atomic E-state index is 13.4. The largest absolute Gasteiger partial charge is 0.494 e. The first kappa shape index (κ1) is 35.5. The molecular formula is C36H56N2O4. The molecule has 0 saturated carbocycles. The molecule has 2 rings (SSSR count). The first-order valence-corrected chi connectivity index (χ1v) is 16.1. The molecule has 234 valence electrons. The minimum atomic E-state index is -0.0795. The fourth-order valence-electron chi connectivity index (χ4n) is 5.26. The summed E-state index contributed by atoms with van der Waals surface area (Å²) in [5.41, 5.74) is 1.47. The van der Waals surface area contributed by atoms with Gasteiger partial charge < -0.3 is 19.3 Å². The molecule has 6 heteroatoms. The van der Waals surface area contributed by atoms with Crippen LogP contribution in [0.2, 0.25) is 0 Å². The number of nitrogens with zero attached hydrogens (tertiary/aromatic N) is 2. The van der Waals surface area contributed by atoms with Gasteiger partial charge in [-0.15, -0.1) is 0 Å². The van der Waals surface area contributed by atoms with Crippen molar-refractivity contribution < 1.29 is 19.1 Å². The molecule has 42 heavy (non-hydrogen) atoms. The summed E-state index contributed by atoms with van der Waals surface area (Å²) in [5.74, 6) is 1.84. The Morgan fingerprint density at radius 1 is 0.571 bits per heavy atom. The van der Waals surface area contributed by atoms with Crippen molar-refractivity contribution in [3.63, 3.8) is 0 Å². The quantitative estimate of drug-likeness (QED) is 0.0987. The normalized spacial score (nSPS) is 12.9. The van der Waals surface area contributed by atoms with Crippen LogP contribution >= 0.6 is 0 Å². The highest BCUT2D eigenvalue weighted by Gasteiger charge is 2.23. The Kier molecular flexibility index (Phi) is 17.1. The van der Waals surface area contributed by atoms with Gasteiger partial charge in [0.15, 0.2) is 11.6 Å². The van der Waals surface area contributed by atoms with Gasteiger partial charge in [-0.3, -0.25) is 9.59 Å². The number of rotatable bonds is 23. The molecule has 2 atom stereocenters. The highest BCUT2D eigenvalue weighted by atomic mass is 16.5. The second kappa shape index (κ2) is 20.2. The lowest BCUT2D eigenvalue weighted by atomic mass is 9.88. The van der Waals surface area contributed by atoms with Crippen LogP contribution in [0.1, 0.15) is 98.8 Å². The third-order valence-electron chi connectivity index (χ3n) is 7.58. The monoisotopic (exact) mass is 580 g/mol. The van der Waals surface area contributed by atoms with E-state index in [0.717, 1.165) is 74.0 Å². The fraction of sp³-hybridized carbons (Fsp3) is 0.611. The van der Waals surface area contributed by atoms with E-state index in [2.05, 4.69) is 23.6 Å². The zero-order valence-corrected chi connectivity index (χ0v) is 27.2. The molecule has 0 fully saturated rings. The van der Waals surface area contributed by atoms with E-state index in [-0.39, 0.29) is 23.4 Å². The Bertz CT molecular complexity index is 934. The van der Waals surface area contributed by atoms with Crippen LogP contribution in [0.15, 0.2) is 48.5 Å². The summed E-state index contributed by atoms with van der Waals surface area (Å²) < 4.78 is 11.6. The number of benzene rings is 2. The summed E-state index contributed by atoms with van der Waals surface area (Å²) in [5, 5.41) is 0. The molecular weight excluding hydrogens is 524 g/mol. The predicted molar refractivity (Wildman–Crippen MR) is 174 cm³/mol. The smallest absolute Gasteiger partial charge is 0.167 e. The van der Waals surface area contributed by atoms with Gasteiger partial charge in [0, 0.05) is 36.1 Å². The molecule has 0 unspecified atom stereocenters. The van der Waals surface area contributed by atoms with Crippen molar-refractivity contribution in [3.8, 4) is 11.5 Å². The summed E-state index contributed by atoms with van der Waals surface area (Å²) in [6.07, 6.45) is 10.2. The van der Waals surface area contributed by atoms with Gasteiger partial charge in [0.25, 0.3) is 0 Å². The van der Waals surface area contributed by atoms with Crippen molar-refractivity contribution in [1.29, 1.82) is 0 Å². The molecule has 0 heterocycles. The van der Waals surface area contributed by atoms with Crippen molar-refractivity contribution in [2.24, 2.45) is 11.8 Å². The van der Waals surface area contributed by atoms with Crippen molar-refractivity contribution >= 4 is 11.6 Å². The molecule has 0 spiro atoms. The first-order chi connectivity index (χ1) is 20.2. The third-order valence-corrected chi connectivity index (χ3v) is 7.58. The number of carbonyl (C=O) groups is 2. The third kappa shape index (κ3) is 13.5. The molecule has 6 nitrogen and oxygen atoms in total. The van der Waals surface area contributed by atoms with E-state index in [4.69, 9.17) is 9.47 Å². The molecule has 0 aliphatic rings. The Labute approximate surface area is 255 Å². The number of Topliss-reactive ketones (excluding diaryl/α,β-unsaturated/α-hetero) is 2. The number of hydrogen-bond acceptors (Lipinski definition) is 6. The maximum absolute atomic E-state index is 13.4. The van der Waals surface area contributed by atoms with E-state index >= 15 is 0 Å². The Hall–Kier alpha value is -2.70. The predicted octanol–water partition coefficient (Wildman–Crippen LogP) is 7.81. The molecule has 0 amide bonds. The number of ketones is 2. The van der Waals surface area contributed by atoms with E-state index in [1.807, 2.05) is 76.7 Å². The molecule has 0 bridgehead atoms. The van der Waals surface area contributed by atoms with Gasteiger partial charge in [0.1, 0.15) is 11.5 Å². The zero-order chi connectivity index (χ0) is 30.7. The zero-order valence-electron chi connectivity index (χ0n) is 27.2. The Morgan fingerprint density at radius 3 is 1.24 bits per heavy atom. The average molecular weight is 581 g/mol. The van der Waals surface area contributed by atoms with Crippen LogP contribution in [-0.2, 0) is 0 Å². The molecule has 2 aromatic rings. The van der Waals surface area contributed by atoms with Crippen molar-refractivity contribution in [2.75, 3.05) is 54.5 Å². The van der Waals surface area contributed by atoms with E-state index in [1.165, 1.54) is 12.8 Å². The minimum Gasteiger partial charge on any atom is -0.494 e. The highest BCUT2D eigenvalue weighted by molar-refractivity contribution is 5.98. The summed E-state index contributed by atoms with van der Waals surface area (Å²) in [4.78, 5) is 31.1. The van der Waals surface area contributed by atoms with Gasteiger partial charge in [-0.05, 0) is 102 Å². The van der Waals surface area contributed by atoms with Crippen LogP contribution in [-0.4, -0.2) is 75.9 Å². The molecule has 0 aliphatic carbocycles. The fourth-order valence-corrected chi connectivity index (χ4v) is 5.26. The molecule has 0 saturated heterocycles. The second-order valence-corrected chi connectivity index (χ2v) is 12.1. The van der Waals surface area contributed by atoms with E-state index in [1.54, 1.807) is 0 Å².